The van der Waals surface area contributed by atoms with E-state index in [2.05, 4.69) is 20.9 Å². The van der Waals surface area contributed by atoms with Crippen molar-refractivity contribution < 1.29 is 22.7 Å². The molecular weight excluding hydrogens is 540 g/mol. The highest BCUT2D eigenvalue weighted by molar-refractivity contribution is 9.10. The van der Waals surface area contributed by atoms with Crippen molar-refractivity contribution in [1.29, 1.82) is 0 Å². The van der Waals surface area contributed by atoms with Crippen LogP contribution in [-0.2, 0) is 21.1 Å². The number of nitrogens with zero attached hydrogens (tertiary/aromatic N) is 2. The summed E-state index contributed by atoms with van der Waals surface area (Å²) in [4.78, 5) is 19.1. The van der Waals surface area contributed by atoms with Crippen LogP contribution in [0.4, 0.5) is 5.69 Å². The number of sulfone groups is 1. The number of benzene rings is 2. The number of amidine groups is 1. The zero-order valence-corrected chi connectivity index (χ0v) is 22.3. The van der Waals surface area contributed by atoms with Crippen LogP contribution in [0.5, 0.6) is 11.5 Å². The fourth-order valence-electron chi connectivity index (χ4n) is 4.15. The molecule has 10 heteroatoms. The second kappa shape index (κ2) is 10.7. The minimum Gasteiger partial charge on any atom is -0.490 e. The Labute approximate surface area is 213 Å². The van der Waals surface area contributed by atoms with Gasteiger partial charge in [0.15, 0.2) is 26.5 Å². The zero-order valence-electron chi connectivity index (χ0n) is 19.1. The molecule has 2 saturated heterocycles. The van der Waals surface area contributed by atoms with E-state index in [-0.39, 0.29) is 35.1 Å². The molecule has 2 aliphatic rings. The van der Waals surface area contributed by atoms with Crippen LogP contribution in [-0.4, -0.2) is 55.5 Å². The first-order valence-corrected chi connectivity index (χ1v) is 14.7. The maximum Gasteiger partial charge on any atom is 0.248 e. The molecule has 1 amide bonds. The number of hydrogen-bond acceptors (Lipinski definition) is 6. The average Bonchev–Trinajstić information content (AvgIpc) is 3.26. The summed E-state index contributed by atoms with van der Waals surface area (Å²) in [6.45, 7) is 4.72. The van der Waals surface area contributed by atoms with Crippen LogP contribution in [0.25, 0.3) is 0 Å². The van der Waals surface area contributed by atoms with E-state index in [1.54, 1.807) is 0 Å². The number of hydrogen-bond donors (Lipinski definition) is 0. The molecule has 0 spiro atoms. The summed E-state index contributed by atoms with van der Waals surface area (Å²) in [5, 5.41) is 0.343. The smallest absolute Gasteiger partial charge is 0.248 e. The largest absolute Gasteiger partial charge is 0.490 e. The standard InChI is InChI=1S/C24H27BrN2O5S2/c1-3-31-20-12-17(25)18(13-21(20)32-4-2)27-19-14-34(29,30)15-22(19)33-24(27)26-23(28)11-10-16-8-6-5-7-9-16/h5-9,12-13,19,22H,3-4,10-11,14-15H2,1-2H3/t19-,22+/m0/s1. The lowest BCUT2D eigenvalue weighted by molar-refractivity contribution is -0.117. The molecule has 2 fully saturated rings. The van der Waals surface area contributed by atoms with Crippen molar-refractivity contribution in [2.24, 2.45) is 4.99 Å². The molecule has 34 heavy (non-hydrogen) atoms. The van der Waals surface area contributed by atoms with Gasteiger partial charge in [-0.05, 0) is 41.8 Å². The maximum absolute atomic E-state index is 12.8. The second-order valence-corrected chi connectivity index (χ2v) is 12.3. The molecule has 0 bridgehead atoms. The average molecular weight is 568 g/mol. The SMILES string of the molecule is CCOc1cc(Br)c(N2C(=NC(=O)CCc3ccccc3)S[C@@H]3CS(=O)(=O)C[C@@H]32)cc1OCC. The van der Waals surface area contributed by atoms with Crippen LogP contribution >= 0.6 is 27.7 Å². The number of anilines is 1. The molecule has 2 aromatic carbocycles. The highest BCUT2D eigenvalue weighted by Crippen LogP contribution is 2.46. The van der Waals surface area contributed by atoms with Gasteiger partial charge in [0.2, 0.25) is 5.91 Å². The van der Waals surface area contributed by atoms with Crippen molar-refractivity contribution in [3.8, 4) is 11.5 Å². The van der Waals surface area contributed by atoms with E-state index in [1.807, 2.05) is 61.2 Å². The van der Waals surface area contributed by atoms with Gasteiger partial charge in [0.1, 0.15) is 0 Å². The number of rotatable bonds is 8. The molecule has 0 aromatic heterocycles. The monoisotopic (exact) mass is 566 g/mol. The topological polar surface area (TPSA) is 85.3 Å². The van der Waals surface area contributed by atoms with E-state index in [4.69, 9.17) is 9.47 Å². The van der Waals surface area contributed by atoms with Gasteiger partial charge >= 0.3 is 0 Å². The number of aryl methyl sites for hydroxylation is 1. The first kappa shape index (κ1) is 25.1. The first-order chi connectivity index (χ1) is 16.3. The summed E-state index contributed by atoms with van der Waals surface area (Å²) in [5.74, 6) is 1.02. The zero-order chi connectivity index (χ0) is 24.3. The predicted molar refractivity (Wildman–Crippen MR) is 140 cm³/mol. The third-order valence-electron chi connectivity index (χ3n) is 5.63. The number of ether oxygens (including phenoxy) is 2. The van der Waals surface area contributed by atoms with Crippen molar-refractivity contribution in [2.45, 2.75) is 38.0 Å². The highest BCUT2D eigenvalue weighted by atomic mass is 79.9. The van der Waals surface area contributed by atoms with E-state index in [0.717, 1.165) is 10.0 Å². The molecule has 7 nitrogen and oxygen atoms in total. The highest BCUT2D eigenvalue weighted by Gasteiger charge is 2.50. The van der Waals surface area contributed by atoms with Gasteiger partial charge in [-0.2, -0.15) is 4.99 Å². The van der Waals surface area contributed by atoms with Crippen LogP contribution in [0.15, 0.2) is 51.9 Å². The third kappa shape index (κ3) is 5.60. The Morgan fingerprint density at radius 1 is 1.12 bits per heavy atom. The van der Waals surface area contributed by atoms with Gasteiger partial charge < -0.3 is 14.4 Å². The van der Waals surface area contributed by atoms with Gasteiger partial charge in [0.25, 0.3) is 0 Å². The Kier molecular flexibility index (Phi) is 7.89. The molecule has 2 aliphatic heterocycles. The Hall–Kier alpha value is -2.04. The molecule has 4 rings (SSSR count). The number of thioether (sulfide) groups is 1. The predicted octanol–water partition coefficient (Wildman–Crippen LogP) is 4.48. The molecule has 0 radical (unpaired) electrons. The Morgan fingerprint density at radius 3 is 2.47 bits per heavy atom. The Morgan fingerprint density at radius 2 is 1.79 bits per heavy atom. The molecule has 2 aromatic rings. The second-order valence-electron chi connectivity index (χ2n) is 8.06. The van der Waals surface area contributed by atoms with E-state index in [0.29, 0.717) is 42.0 Å². The fraction of sp³-hybridized carbons (Fsp3) is 0.417. The Balaban J connectivity index is 1.67. The number of carbonyl (C=O) groups is 1. The van der Waals surface area contributed by atoms with E-state index in [9.17, 15) is 13.2 Å². The van der Waals surface area contributed by atoms with E-state index < -0.39 is 9.84 Å². The van der Waals surface area contributed by atoms with Crippen molar-refractivity contribution >= 4 is 54.3 Å². The summed E-state index contributed by atoms with van der Waals surface area (Å²) in [6, 6.07) is 13.1. The van der Waals surface area contributed by atoms with Crippen LogP contribution in [0.2, 0.25) is 0 Å². The molecule has 0 aliphatic carbocycles. The summed E-state index contributed by atoms with van der Waals surface area (Å²) < 4.78 is 37.0. The van der Waals surface area contributed by atoms with Crippen molar-refractivity contribution in [3.63, 3.8) is 0 Å². The van der Waals surface area contributed by atoms with Crippen molar-refractivity contribution in [3.05, 3.63) is 52.5 Å². The molecule has 182 valence electrons. The Bertz CT molecular complexity index is 1190. The lowest BCUT2D eigenvalue weighted by Crippen LogP contribution is -2.38. The van der Waals surface area contributed by atoms with E-state index in [1.165, 1.54) is 11.8 Å². The van der Waals surface area contributed by atoms with Gasteiger partial charge in [-0.3, -0.25) is 4.79 Å². The molecule has 0 saturated carbocycles. The van der Waals surface area contributed by atoms with Gasteiger partial charge in [-0.15, -0.1) is 0 Å². The van der Waals surface area contributed by atoms with Gasteiger partial charge in [0, 0.05) is 28.3 Å². The van der Waals surface area contributed by atoms with Crippen LogP contribution in [0.3, 0.4) is 0 Å². The molecule has 0 unspecified atom stereocenters. The molecule has 2 atom stereocenters. The third-order valence-corrected chi connectivity index (χ3v) is 9.47. The summed E-state index contributed by atoms with van der Waals surface area (Å²) in [6.07, 6.45) is 0.883. The van der Waals surface area contributed by atoms with Crippen molar-refractivity contribution in [2.75, 3.05) is 29.6 Å². The first-order valence-electron chi connectivity index (χ1n) is 11.2. The molecule has 2 heterocycles. The van der Waals surface area contributed by atoms with Gasteiger partial charge in [-0.1, -0.05) is 42.1 Å². The number of amides is 1. The van der Waals surface area contributed by atoms with Crippen LogP contribution in [0.1, 0.15) is 25.8 Å². The number of aliphatic imine (C=N–C) groups is 1. The van der Waals surface area contributed by atoms with Crippen LogP contribution < -0.4 is 14.4 Å². The molecular formula is C24H27BrN2O5S2. The number of fused-ring (bicyclic) bond motifs is 1. The minimum absolute atomic E-state index is 0.0194. The quantitative estimate of drug-likeness (QED) is 0.465. The van der Waals surface area contributed by atoms with Crippen LogP contribution in [0, 0.1) is 0 Å². The maximum atomic E-state index is 12.8. The van der Waals surface area contributed by atoms with E-state index >= 15 is 0 Å². The van der Waals surface area contributed by atoms with Gasteiger partial charge in [0.05, 0.1) is 36.4 Å². The van der Waals surface area contributed by atoms with Gasteiger partial charge in [-0.25, -0.2) is 8.42 Å². The summed E-state index contributed by atoms with van der Waals surface area (Å²) >= 11 is 4.98. The summed E-state index contributed by atoms with van der Waals surface area (Å²) in [7, 11) is -3.17. The number of halogens is 1. The summed E-state index contributed by atoms with van der Waals surface area (Å²) in [5.41, 5.74) is 1.78. The normalized spacial score (nSPS) is 22.1. The lowest BCUT2D eigenvalue weighted by Gasteiger charge is -2.27. The fourth-order valence-corrected chi connectivity index (χ4v) is 8.59. The number of carbonyl (C=O) groups excluding carboxylic acids is 1. The minimum atomic E-state index is -3.17. The lowest BCUT2D eigenvalue weighted by atomic mass is 10.1. The molecule has 0 N–H and O–H groups in total. The van der Waals surface area contributed by atoms with Crippen molar-refractivity contribution in [1.82, 2.24) is 0 Å².